The van der Waals surface area contributed by atoms with Crippen molar-refractivity contribution < 1.29 is 19.1 Å². The predicted octanol–water partition coefficient (Wildman–Crippen LogP) is 2.92. The van der Waals surface area contributed by atoms with Gasteiger partial charge in [-0.1, -0.05) is 12.1 Å². The molecule has 0 aliphatic rings. The fourth-order valence-corrected chi connectivity index (χ4v) is 3.57. The van der Waals surface area contributed by atoms with E-state index >= 15 is 0 Å². The molecule has 2 aromatic carbocycles. The average molecular weight is 443 g/mol. The van der Waals surface area contributed by atoms with E-state index in [0.29, 0.717) is 29.3 Å². The molecule has 0 bridgehead atoms. The van der Waals surface area contributed by atoms with Gasteiger partial charge in [0.1, 0.15) is 17.3 Å². The van der Waals surface area contributed by atoms with Crippen molar-refractivity contribution >= 4 is 34.6 Å². The fraction of sp³-hybridized carbons (Fsp3) is 0.318. The third kappa shape index (κ3) is 5.91. The van der Waals surface area contributed by atoms with Crippen LogP contribution in [0.25, 0.3) is 11.0 Å². The van der Waals surface area contributed by atoms with Gasteiger partial charge >= 0.3 is 0 Å². The lowest BCUT2D eigenvalue weighted by Crippen LogP contribution is -2.39. The first-order chi connectivity index (χ1) is 15.0. The average Bonchev–Trinajstić information content (AvgIpc) is 3.23. The topological polar surface area (TPSA) is 105 Å². The van der Waals surface area contributed by atoms with Crippen LogP contribution in [0.2, 0.25) is 0 Å². The number of methoxy groups -OCH3 is 2. The van der Waals surface area contributed by atoms with Gasteiger partial charge in [0.15, 0.2) is 0 Å². The quantitative estimate of drug-likeness (QED) is 0.446. The summed E-state index contributed by atoms with van der Waals surface area (Å²) >= 11 is 1.69. The Morgan fingerprint density at radius 3 is 2.48 bits per heavy atom. The van der Waals surface area contributed by atoms with Crippen LogP contribution in [-0.4, -0.2) is 54.6 Å². The van der Waals surface area contributed by atoms with Gasteiger partial charge in [-0.05, 0) is 42.7 Å². The van der Waals surface area contributed by atoms with E-state index < -0.39 is 5.91 Å². The summed E-state index contributed by atoms with van der Waals surface area (Å²) in [6.45, 7) is -0.158. The third-order valence-electron chi connectivity index (χ3n) is 4.71. The molecule has 3 rings (SSSR count). The van der Waals surface area contributed by atoms with Gasteiger partial charge in [0.05, 0.1) is 37.8 Å². The van der Waals surface area contributed by atoms with Crippen molar-refractivity contribution in [2.75, 3.05) is 32.8 Å². The number of benzene rings is 2. The SMILES string of the molecule is COc1cc(OC)cc(C(=O)NCC(=O)NC(CCSC)c2nc3ccccc3[nH]2)c1. The zero-order chi connectivity index (χ0) is 22.2. The summed E-state index contributed by atoms with van der Waals surface area (Å²) in [5.74, 6) is 1.86. The molecule has 0 aliphatic heterocycles. The molecular weight excluding hydrogens is 416 g/mol. The first-order valence-corrected chi connectivity index (χ1v) is 11.2. The molecule has 1 aromatic heterocycles. The Hall–Kier alpha value is -3.20. The molecule has 0 fully saturated rings. The van der Waals surface area contributed by atoms with E-state index in [1.54, 1.807) is 30.0 Å². The molecule has 0 saturated heterocycles. The molecular formula is C22H26N4O4S. The zero-order valence-corrected chi connectivity index (χ0v) is 18.5. The molecule has 0 spiro atoms. The molecule has 2 amide bonds. The monoisotopic (exact) mass is 442 g/mol. The first kappa shape index (κ1) is 22.5. The summed E-state index contributed by atoms with van der Waals surface area (Å²) in [6, 6.07) is 12.3. The molecule has 1 atom stereocenters. The fourth-order valence-electron chi connectivity index (χ4n) is 3.10. The number of hydrogen-bond donors (Lipinski definition) is 3. The second-order valence-electron chi connectivity index (χ2n) is 6.82. The number of ether oxygens (including phenoxy) is 2. The smallest absolute Gasteiger partial charge is 0.251 e. The van der Waals surface area contributed by atoms with E-state index in [0.717, 1.165) is 16.8 Å². The van der Waals surface area contributed by atoms with Gasteiger partial charge in [0.25, 0.3) is 5.91 Å². The van der Waals surface area contributed by atoms with E-state index in [1.165, 1.54) is 14.2 Å². The Bertz CT molecular complexity index is 998. The van der Waals surface area contributed by atoms with Crippen molar-refractivity contribution in [1.82, 2.24) is 20.6 Å². The molecule has 164 valence electrons. The highest BCUT2D eigenvalue weighted by Crippen LogP contribution is 2.22. The van der Waals surface area contributed by atoms with Gasteiger partial charge in [-0.3, -0.25) is 9.59 Å². The van der Waals surface area contributed by atoms with Crippen molar-refractivity contribution in [3.63, 3.8) is 0 Å². The number of nitrogens with one attached hydrogen (secondary N) is 3. The number of fused-ring (bicyclic) bond motifs is 1. The molecule has 1 unspecified atom stereocenters. The lowest BCUT2D eigenvalue weighted by Gasteiger charge is -2.16. The van der Waals surface area contributed by atoms with Crippen molar-refractivity contribution in [3.05, 3.63) is 53.9 Å². The molecule has 0 aliphatic carbocycles. The highest BCUT2D eigenvalue weighted by atomic mass is 32.2. The number of nitrogens with zero attached hydrogens (tertiary/aromatic N) is 1. The number of thioether (sulfide) groups is 1. The van der Waals surface area contributed by atoms with Gasteiger partial charge < -0.3 is 25.1 Å². The number of amides is 2. The van der Waals surface area contributed by atoms with Crippen LogP contribution in [0.3, 0.4) is 0 Å². The number of hydrogen-bond acceptors (Lipinski definition) is 6. The number of aromatic nitrogens is 2. The summed E-state index contributed by atoms with van der Waals surface area (Å²) in [4.78, 5) is 33.0. The molecule has 1 heterocycles. The van der Waals surface area contributed by atoms with Crippen molar-refractivity contribution in [3.8, 4) is 11.5 Å². The number of H-pyrrole nitrogens is 1. The van der Waals surface area contributed by atoms with Gasteiger partial charge in [0.2, 0.25) is 5.91 Å². The maximum atomic E-state index is 12.6. The second kappa shape index (κ2) is 10.7. The van der Waals surface area contributed by atoms with E-state index in [-0.39, 0.29) is 18.5 Å². The maximum Gasteiger partial charge on any atom is 0.251 e. The van der Waals surface area contributed by atoms with Crippen molar-refractivity contribution in [2.45, 2.75) is 12.5 Å². The number of carbonyl (C=O) groups is 2. The molecule has 3 aromatic rings. The molecule has 31 heavy (non-hydrogen) atoms. The zero-order valence-electron chi connectivity index (χ0n) is 17.7. The van der Waals surface area contributed by atoms with E-state index in [9.17, 15) is 9.59 Å². The minimum absolute atomic E-state index is 0.158. The minimum Gasteiger partial charge on any atom is -0.497 e. The summed E-state index contributed by atoms with van der Waals surface area (Å²) in [5, 5.41) is 5.61. The van der Waals surface area contributed by atoms with Gasteiger partial charge in [-0.15, -0.1) is 0 Å². The highest BCUT2D eigenvalue weighted by Gasteiger charge is 2.19. The minimum atomic E-state index is -0.392. The van der Waals surface area contributed by atoms with Crippen molar-refractivity contribution in [1.29, 1.82) is 0 Å². The molecule has 3 N–H and O–H groups in total. The summed E-state index contributed by atoms with van der Waals surface area (Å²) in [6.07, 6.45) is 2.73. The Morgan fingerprint density at radius 2 is 1.84 bits per heavy atom. The Balaban J connectivity index is 1.65. The highest BCUT2D eigenvalue weighted by molar-refractivity contribution is 7.98. The van der Waals surface area contributed by atoms with Crippen LogP contribution in [0.4, 0.5) is 0 Å². The molecule has 0 saturated carbocycles. The van der Waals surface area contributed by atoms with E-state index in [2.05, 4.69) is 20.6 Å². The van der Waals surface area contributed by atoms with E-state index in [1.807, 2.05) is 30.5 Å². The van der Waals surface area contributed by atoms with Gasteiger partial charge in [0, 0.05) is 11.6 Å². The van der Waals surface area contributed by atoms with Crippen LogP contribution >= 0.6 is 11.8 Å². The predicted molar refractivity (Wildman–Crippen MR) is 122 cm³/mol. The Labute approximate surface area is 185 Å². The number of carbonyl (C=O) groups excluding carboxylic acids is 2. The van der Waals surface area contributed by atoms with E-state index in [4.69, 9.17) is 9.47 Å². The molecule has 9 heteroatoms. The Morgan fingerprint density at radius 1 is 1.13 bits per heavy atom. The second-order valence-corrected chi connectivity index (χ2v) is 7.81. The van der Waals surface area contributed by atoms with Crippen molar-refractivity contribution in [2.24, 2.45) is 0 Å². The maximum absolute atomic E-state index is 12.6. The lowest BCUT2D eigenvalue weighted by atomic mass is 10.2. The number of para-hydroxylation sites is 2. The summed E-state index contributed by atoms with van der Waals surface area (Å²) in [7, 11) is 3.02. The number of rotatable bonds is 10. The lowest BCUT2D eigenvalue weighted by molar-refractivity contribution is -0.120. The standard InChI is InChI=1S/C22H26N4O4S/c1-29-15-10-14(11-16(12-15)30-2)22(28)23-13-20(27)24-19(8-9-31-3)21-25-17-6-4-5-7-18(17)26-21/h4-7,10-12,19H,8-9,13H2,1-3H3,(H,23,28)(H,24,27)(H,25,26). The third-order valence-corrected chi connectivity index (χ3v) is 5.35. The van der Waals surface area contributed by atoms with Crippen LogP contribution in [0.5, 0.6) is 11.5 Å². The van der Waals surface area contributed by atoms with Crippen LogP contribution < -0.4 is 20.1 Å². The first-order valence-electron chi connectivity index (χ1n) is 9.78. The van der Waals surface area contributed by atoms with Gasteiger partial charge in [-0.25, -0.2) is 4.98 Å². The molecule has 0 radical (unpaired) electrons. The normalized spacial score (nSPS) is 11.7. The van der Waals surface area contributed by atoms with Crippen LogP contribution in [-0.2, 0) is 4.79 Å². The summed E-state index contributed by atoms with van der Waals surface area (Å²) in [5.41, 5.74) is 2.11. The summed E-state index contributed by atoms with van der Waals surface area (Å²) < 4.78 is 10.4. The van der Waals surface area contributed by atoms with Crippen LogP contribution in [0.15, 0.2) is 42.5 Å². The number of imidazole rings is 1. The molecule has 8 nitrogen and oxygen atoms in total. The Kier molecular flexibility index (Phi) is 7.77. The van der Waals surface area contributed by atoms with Gasteiger partial charge in [-0.2, -0.15) is 11.8 Å². The van der Waals surface area contributed by atoms with Crippen LogP contribution in [0, 0.1) is 0 Å². The number of aromatic amines is 1. The largest absolute Gasteiger partial charge is 0.497 e. The van der Waals surface area contributed by atoms with Crippen LogP contribution in [0.1, 0.15) is 28.6 Å².